The van der Waals surface area contributed by atoms with Crippen molar-refractivity contribution in [1.82, 2.24) is 0 Å². The molecule has 3 heterocycles. The van der Waals surface area contributed by atoms with Crippen LogP contribution in [0.5, 0.6) is 0 Å². The van der Waals surface area contributed by atoms with Crippen molar-refractivity contribution in [2.75, 3.05) is 0 Å². The van der Waals surface area contributed by atoms with Gasteiger partial charge in [0.15, 0.2) is 6.29 Å². The van der Waals surface area contributed by atoms with E-state index in [1.165, 1.54) is 13.8 Å². The van der Waals surface area contributed by atoms with Crippen molar-refractivity contribution >= 4 is 11.9 Å². The van der Waals surface area contributed by atoms with Crippen LogP contribution in [0.25, 0.3) is 0 Å². The van der Waals surface area contributed by atoms with Crippen LogP contribution in [0, 0.1) is 11.3 Å². The van der Waals surface area contributed by atoms with Crippen LogP contribution >= 0.6 is 0 Å². The number of ether oxygens (including phenoxy) is 5. The lowest BCUT2D eigenvalue weighted by molar-refractivity contribution is -0.478. The van der Waals surface area contributed by atoms with Gasteiger partial charge in [-0.25, -0.2) is 0 Å². The molecule has 6 atom stereocenters. The molecule has 142 valence electrons. The number of esters is 2. The Morgan fingerprint density at radius 1 is 1.16 bits per heavy atom. The Kier molecular flexibility index (Phi) is 4.41. The maximum atomic E-state index is 11.7. The van der Waals surface area contributed by atoms with Gasteiger partial charge in [-0.05, 0) is 27.2 Å². The summed E-state index contributed by atoms with van der Waals surface area (Å²) in [6, 6.07) is 0. The Bertz CT molecular complexity index is 568. The summed E-state index contributed by atoms with van der Waals surface area (Å²) in [4.78, 5) is 23.3. The summed E-state index contributed by atoms with van der Waals surface area (Å²) in [5.41, 5.74) is -0.716. The van der Waals surface area contributed by atoms with Crippen LogP contribution in [-0.4, -0.2) is 42.0 Å². The number of hydrogen-bond acceptors (Lipinski definition) is 7. The van der Waals surface area contributed by atoms with Gasteiger partial charge in [-0.1, -0.05) is 6.92 Å². The normalized spacial score (nSPS) is 42.8. The zero-order valence-electron chi connectivity index (χ0n) is 15.8. The number of fused-ring (bicyclic) bond motifs is 1. The number of rotatable bonds is 3. The van der Waals surface area contributed by atoms with Gasteiger partial charge < -0.3 is 23.7 Å². The molecule has 4 bridgehead atoms. The van der Waals surface area contributed by atoms with E-state index >= 15 is 0 Å². The first-order chi connectivity index (χ1) is 11.5. The maximum absolute atomic E-state index is 11.7. The van der Waals surface area contributed by atoms with Crippen molar-refractivity contribution in [2.45, 2.75) is 90.9 Å². The second-order valence-corrected chi connectivity index (χ2v) is 8.51. The number of carbonyl (C=O) groups is 2. The highest BCUT2D eigenvalue weighted by Gasteiger charge is 2.71. The molecule has 0 amide bonds. The highest BCUT2D eigenvalue weighted by atomic mass is 16.8. The molecule has 1 saturated carbocycles. The molecule has 0 aromatic rings. The molecule has 4 aliphatic rings. The first-order valence-corrected chi connectivity index (χ1v) is 8.83. The minimum atomic E-state index is -1.14. The fourth-order valence-corrected chi connectivity index (χ4v) is 4.62. The summed E-state index contributed by atoms with van der Waals surface area (Å²) < 4.78 is 29.2. The largest absolute Gasteiger partial charge is 0.435 e. The average Bonchev–Trinajstić information content (AvgIpc) is 2.38. The van der Waals surface area contributed by atoms with Crippen molar-refractivity contribution in [2.24, 2.45) is 11.3 Å². The summed E-state index contributed by atoms with van der Waals surface area (Å²) in [7, 11) is 0. The average molecular weight is 356 g/mol. The van der Waals surface area contributed by atoms with E-state index in [2.05, 4.69) is 6.92 Å². The van der Waals surface area contributed by atoms with Crippen molar-refractivity contribution < 1.29 is 33.3 Å². The Balaban J connectivity index is 1.99. The molecule has 0 radical (unpaired) electrons. The summed E-state index contributed by atoms with van der Waals surface area (Å²) in [6.45, 7) is 10.8. The third-order valence-electron chi connectivity index (χ3n) is 5.26. The van der Waals surface area contributed by atoms with E-state index in [-0.39, 0.29) is 11.7 Å². The summed E-state index contributed by atoms with van der Waals surface area (Å²) in [5, 5.41) is 0. The minimum Gasteiger partial charge on any atom is -0.435 e. The van der Waals surface area contributed by atoms with Gasteiger partial charge in [-0.3, -0.25) is 9.59 Å². The molecule has 0 spiro atoms. The monoisotopic (exact) mass is 356 g/mol. The zero-order valence-corrected chi connectivity index (χ0v) is 15.8. The Morgan fingerprint density at radius 2 is 1.84 bits per heavy atom. The van der Waals surface area contributed by atoms with Crippen LogP contribution in [0.1, 0.15) is 60.8 Å². The SMILES string of the molecule is CC(=O)OC1O[C@@H]2C[C@]3(C)[C@@H](OC(C)(C)C)CC[C@](OC(C)=O)(O2)[C@H]13. The second kappa shape index (κ2) is 5.93. The molecule has 1 unspecified atom stereocenters. The molecule has 0 aromatic carbocycles. The van der Waals surface area contributed by atoms with Gasteiger partial charge in [0.25, 0.3) is 0 Å². The Morgan fingerprint density at radius 3 is 2.40 bits per heavy atom. The molecule has 3 saturated heterocycles. The van der Waals surface area contributed by atoms with E-state index in [4.69, 9.17) is 23.7 Å². The van der Waals surface area contributed by atoms with Gasteiger partial charge in [0.1, 0.15) is 0 Å². The maximum Gasteiger partial charge on any atom is 0.305 e. The molecule has 4 fully saturated rings. The fourth-order valence-electron chi connectivity index (χ4n) is 4.62. The van der Waals surface area contributed by atoms with E-state index in [9.17, 15) is 9.59 Å². The zero-order chi connectivity index (χ0) is 18.6. The highest BCUT2D eigenvalue weighted by molar-refractivity contribution is 5.67. The van der Waals surface area contributed by atoms with Gasteiger partial charge in [-0.15, -0.1) is 0 Å². The lowest BCUT2D eigenvalue weighted by Crippen LogP contribution is -2.73. The van der Waals surface area contributed by atoms with Crippen molar-refractivity contribution in [3.05, 3.63) is 0 Å². The lowest BCUT2D eigenvalue weighted by Gasteiger charge is -2.64. The smallest absolute Gasteiger partial charge is 0.305 e. The van der Waals surface area contributed by atoms with Gasteiger partial charge in [0, 0.05) is 32.1 Å². The number of carbonyl (C=O) groups excluding carboxylic acids is 2. The van der Waals surface area contributed by atoms with Crippen LogP contribution in [0.2, 0.25) is 0 Å². The van der Waals surface area contributed by atoms with Gasteiger partial charge in [0.2, 0.25) is 12.1 Å². The standard InChI is InChI=1S/C18H28O7/c1-10(19)21-15-14-17(6)9-13(22-15)25-18(14,23-11(2)20)8-7-12(17)24-16(3,4)5/h12-15H,7-9H2,1-6H3/t12-,13-,14+,15?,17+,18-/m0/s1. The third-order valence-corrected chi connectivity index (χ3v) is 5.26. The molecular formula is C18H28O7. The summed E-state index contributed by atoms with van der Waals surface area (Å²) in [5.74, 6) is -2.45. The van der Waals surface area contributed by atoms with Crippen molar-refractivity contribution in [3.8, 4) is 0 Å². The van der Waals surface area contributed by atoms with Crippen LogP contribution in [-0.2, 0) is 33.3 Å². The lowest BCUT2D eigenvalue weighted by atomic mass is 9.57. The molecule has 7 nitrogen and oxygen atoms in total. The second-order valence-electron chi connectivity index (χ2n) is 8.51. The first kappa shape index (κ1) is 18.6. The van der Waals surface area contributed by atoms with Crippen LogP contribution in [0.4, 0.5) is 0 Å². The summed E-state index contributed by atoms with van der Waals surface area (Å²) >= 11 is 0. The van der Waals surface area contributed by atoms with Crippen molar-refractivity contribution in [1.29, 1.82) is 0 Å². The molecule has 0 N–H and O–H groups in total. The predicted octanol–water partition coefficient (Wildman–Crippen LogP) is 2.51. The topological polar surface area (TPSA) is 80.3 Å². The Labute approximate surface area is 148 Å². The van der Waals surface area contributed by atoms with E-state index < -0.39 is 41.6 Å². The molecule has 7 heteroatoms. The Hall–Kier alpha value is -1.18. The van der Waals surface area contributed by atoms with E-state index in [0.29, 0.717) is 19.3 Å². The minimum absolute atomic E-state index is 0.0745. The van der Waals surface area contributed by atoms with Gasteiger partial charge in [0.05, 0.1) is 17.6 Å². The number of hydrogen-bond donors (Lipinski definition) is 0. The van der Waals surface area contributed by atoms with E-state index in [0.717, 1.165) is 0 Å². The molecule has 25 heavy (non-hydrogen) atoms. The molecule has 4 rings (SSSR count). The van der Waals surface area contributed by atoms with Gasteiger partial charge >= 0.3 is 11.9 Å². The molecule has 1 aliphatic carbocycles. The van der Waals surface area contributed by atoms with Crippen molar-refractivity contribution in [3.63, 3.8) is 0 Å². The first-order valence-electron chi connectivity index (χ1n) is 8.83. The highest BCUT2D eigenvalue weighted by Crippen LogP contribution is 2.62. The summed E-state index contributed by atoms with van der Waals surface area (Å²) in [6.07, 6.45) is 0.266. The van der Waals surface area contributed by atoms with E-state index in [1.54, 1.807) is 0 Å². The third kappa shape index (κ3) is 3.29. The molecule has 3 aliphatic heterocycles. The van der Waals surface area contributed by atoms with E-state index in [1.807, 2.05) is 20.8 Å². The van der Waals surface area contributed by atoms with Crippen LogP contribution < -0.4 is 0 Å². The molecular weight excluding hydrogens is 328 g/mol. The van der Waals surface area contributed by atoms with Gasteiger partial charge in [-0.2, -0.15) is 0 Å². The van der Waals surface area contributed by atoms with Crippen LogP contribution in [0.15, 0.2) is 0 Å². The fraction of sp³-hybridized carbons (Fsp3) is 0.889. The predicted molar refractivity (Wildman–Crippen MR) is 86.1 cm³/mol. The molecule has 0 aromatic heterocycles. The quantitative estimate of drug-likeness (QED) is 0.719. The van der Waals surface area contributed by atoms with Crippen LogP contribution in [0.3, 0.4) is 0 Å².